The molecule has 1 aliphatic rings. The monoisotopic (exact) mass is 548 g/mol. The summed E-state index contributed by atoms with van der Waals surface area (Å²) in [4.78, 5) is 9.54. The van der Waals surface area contributed by atoms with Gasteiger partial charge in [0.05, 0.1) is 33.1 Å². The third kappa shape index (κ3) is 4.69. The van der Waals surface area contributed by atoms with Gasteiger partial charge in [-0.1, -0.05) is 50.3 Å². The highest BCUT2D eigenvalue weighted by Gasteiger charge is 2.17. The maximum absolute atomic E-state index is 4.77. The van der Waals surface area contributed by atoms with Crippen LogP contribution in [0.25, 0.3) is 55.3 Å². The average Bonchev–Trinajstić information content (AvgIpc) is 3.51. The Labute approximate surface area is 247 Å². The van der Waals surface area contributed by atoms with Crippen LogP contribution in [0.2, 0.25) is 0 Å². The SMILES string of the molecule is C=CCc1ccc2c(c1)c1ncccc1n2C1=C/CC\C(n2c3ccc(CC=C)cc3c3ncccc32)=C/C=C\1.CC. The summed E-state index contributed by atoms with van der Waals surface area (Å²) in [6.07, 6.45) is 20.2. The highest BCUT2D eigenvalue weighted by Crippen LogP contribution is 2.35. The maximum Gasteiger partial charge on any atom is 0.0963 e. The van der Waals surface area contributed by atoms with Crippen LogP contribution in [0.4, 0.5) is 0 Å². The lowest BCUT2D eigenvalue weighted by Gasteiger charge is -2.15. The molecule has 4 aromatic heterocycles. The Morgan fingerprint density at radius 2 is 1.31 bits per heavy atom. The van der Waals surface area contributed by atoms with Gasteiger partial charge in [0.25, 0.3) is 0 Å². The van der Waals surface area contributed by atoms with Gasteiger partial charge in [0, 0.05) is 34.6 Å². The van der Waals surface area contributed by atoms with E-state index in [1.54, 1.807) is 0 Å². The molecule has 0 saturated carbocycles. The zero-order valence-electron chi connectivity index (χ0n) is 24.4. The van der Waals surface area contributed by atoms with Crippen LogP contribution in [0.15, 0.2) is 123 Å². The van der Waals surface area contributed by atoms with Crippen LogP contribution >= 0.6 is 0 Å². The molecule has 1 aliphatic carbocycles. The molecule has 0 fully saturated rings. The van der Waals surface area contributed by atoms with Crippen LogP contribution < -0.4 is 0 Å². The summed E-state index contributed by atoms with van der Waals surface area (Å²) in [5.41, 5.74) is 11.6. The molecule has 0 bridgehead atoms. The number of hydrogen-bond donors (Lipinski definition) is 0. The van der Waals surface area contributed by atoms with Crippen LogP contribution in [0.3, 0.4) is 0 Å². The van der Waals surface area contributed by atoms with Crippen molar-refractivity contribution in [2.75, 3.05) is 0 Å². The Morgan fingerprint density at radius 3 is 1.90 bits per heavy atom. The molecule has 0 radical (unpaired) electrons. The molecule has 2 aromatic carbocycles. The molecule has 208 valence electrons. The van der Waals surface area contributed by atoms with Gasteiger partial charge in [-0.05, 0) is 97.5 Å². The second-order valence-corrected chi connectivity index (χ2v) is 10.3. The number of benzene rings is 2. The second kappa shape index (κ2) is 11.9. The van der Waals surface area contributed by atoms with Gasteiger partial charge < -0.3 is 9.13 Å². The molecule has 0 unspecified atom stereocenters. The van der Waals surface area contributed by atoms with Gasteiger partial charge in [0.1, 0.15) is 0 Å². The van der Waals surface area contributed by atoms with Crippen molar-refractivity contribution in [3.8, 4) is 0 Å². The fraction of sp³-hybridized carbons (Fsp3) is 0.158. The molecule has 0 N–H and O–H groups in total. The Bertz CT molecular complexity index is 2040. The van der Waals surface area contributed by atoms with E-state index in [1.807, 2.05) is 50.5 Å². The smallest absolute Gasteiger partial charge is 0.0963 e. The molecule has 0 saturated heterocycles. The first-order valence-electron chi connectivity index (χ1n) is 14.8. The summed E-state index contributed by atoms with van der Waals surface area (Å²) in [7, 11) is 0. The Morgan fingerprint density at radius 1 is 0.738 bits per heavy atom. The second-order valence-electron chi connectivity index (χ2n) is 10.3. The first-order chi connectivity index (χ1) is 20.8. The fourth-order valence-electron chi connectivity index (χ4n) is 6.07. The van der Waals surface area contributed by atoms with Crippen molar-refractivity contribution in [2.45, 2.75) is 39.5 Å². The molecular formula is C38H36N4. The molecule has 0 spiro atoms. The van der Waals surface area contributed by atoms with Crippen molar-refractivity contribution >= 4 is 55.3 Å². The molecule has 0 atom stereocenters. The lowest BCUT2D eigenvalue weighted by molar-refractivity contribution is 0.984. The zero-order chi connectivity index (χ0) is 29.1. The lowest BCUT2D eigenvalue weighted by atomic mass is 10.1. The summed E-state index contributed by atoms with van der Waals surface area (Å²) in [6.45, 7) is 11.8. The van der Waals surface area contributed by atoms with Crippen LogP contribution in [0.5, 0.6) is 0 Å². The molecular weight excluding hydrogens is 512 g/mol. The molecule has 42 heavy (non-hydrogen) atoms. The van der Waals surface area contributed by atoms with Gasteiger partial charge in [-0.3, -0.25) is 9.97 Å². The van der Waals surface area contributed by atoms with Gasteiger partial charge >= 0.3 is 0 Å². The molecule has 6 aromatic rings. The highest BCUT2D eigenvalue weighted by atomic mass is 15.0. The molecule has 7 rings (SSSR count). The van der Waals surface area contributed by atoms with Crippen LogP contribution in [0.1, 0.15) is 37.8 Å². The molecule has 4 nitrogen and oxygen atoms in total. The predicted octanol–water partition coefficient (Wildman–Crippen LogP) is 9.91. The van der Waals surface area contributed by atoms with Crippen LogP contribution in [-0.2, 0) is 12.8 Å². The Hall–Kier alpha value is -4.96. The zero-order valence-corrected chi connectivity index (χ0v) is 24.4. The Balaban J connectivity index is 0.00000155. The number of fused-ring (bicyclic) bond motifs is 6. The van der Waals surface area contributed by atoms with Gasteiger partial charge in [-0.25, -0.2) is 0 Å². The predicted molar refractivity (Wildman–Crippen MR) is 181 cm³/mol. The van der Waals surface area contributed by atoms with Gasteiger partial charge in [0.15, 0.2) is 0 Å². The topological polar surface area (TPSA) is 35.6 Å². The van der Waals surface area contributed by atoms with Crippen LogP contribution in [0, 0.1) is 0 Å². The minimum Gasteiger partial charge on any atom is -0.311 e. The molecule has 0 amide bonds. The van der Waals surface area contributed by atoms with Crippen molar-refractivity contribution in [1.82, 2.24) is 19.1 Å². The lowest BCUT2D eigenvalue weighted by Crippen LogP contribution is -2.00. The van der Waals surface area contributed by atoms with Crippen molar-refractivity contribution in [1.29, 1.82) is 0 Å². The van der Waals surface area contributed by atoms with Crippen molar-refractivity contribution in [3.05, 3.63) is 134 Å². The van der Waals surface area contributed by atoms with E-state index in [-0.39, 0.29) is 0 Å². The minimum atomic E-state index is 0.847. The molecule has 4 heterocycles. The van der Waals surface area contributed by atoms with Crippen LogP contribution in [-0.4, -0.2) is 19.1 Å². The highest BCUT2D eigenvalue weighted by molar-refractivity contribution is 6.09. The van der Waals surface area contributed by atoms with E-state index in [0.717, 1.165) is 53.4 Å². The standard InChI is InChI=1S/C36H30N4.C2H6/c1-3-9-25-17-19-31-29(23-25)35-33(15-7-21-37-35)39(31)27-11-5-13-28(14-6-12-27)40-32-20-18-26(10-4-2)24-30(32)36-34(40)16-8-22-38-36;1-2/h3-5,7-8,11-13,15-24H,1-2,6,9-10,14H2;1-2H3/b11-5-,27-12+,28-13+;. The summed E-state index contributed by atoms with van der Waals surface area (Å²) < 4.78 is 4.72. The van der Waals surface area contributed by atoms with E-state index in [9.17, 15) is 0 Å². The van der Waals surface area contributed by atoms with Gasteiger partial charge in [-0.2, -0.15) is 0 Å². The summed E-state index contributed by atoms with van der Waals surface area (Å²) in [5.74, 6) is 0. The maximum atomic E-state index is 4.77. The summed E-state index contributed by atoms with van der Waals surface area (Å²) in [5, 5.41) is 2.36. The third-order valence-corrected chi connectivity index (χ3v) is 7.78. The average molecular weight is 549 g/mol. The molecule has 0 aliphatic heterocycles. The normalized spacial score (nSPS) is 16.6. The van der Waals surface area contributed by atoms with Crippen molar-refractivity contribution < 1.29 is 0 Å². The minimum absolute atomic E-state index is 0.847. The first kappa shape index (κ1) is 27.2. The van der Waals surface area contributed by atoms with Gasteiger partial charge in [0.2, 0.25) is 0 Å². The van der Waals surface area contributed by atoms with Gasteiger partial charge in [-0.15, -0.1) is 13.2 Å². The molecule has 4 heteroatoms. The number of hydrogen-bond acceptors (Lipinski definition) is 2. The van der Waals surface area contributed by atoms with E-state index in [1.165, 1.54) is 38.6 Å². The van der Waals surface area contributed by atoms with E-state index in [2.05, 4.69) is 95.1 Å². The number of allylic oxidation sites excluding steroid dienone is 8. The number of nitrogens with zero attached hydrogens (tertiary/aromatic N) is 4. The van der Waals surface area contributed by atoms with E-state index in [0.29, 0.717) is 0 Å². The van der Waals surface area contributed by atoms with Crippen molar-refractivity contribution in [3.63, 3.8) is 0 Å². The van der Waals surface area contributed by atoms with E-state index >= 15 is 0 Å². The number of rotatable bonds is 6. The third-order valence-electron chi connectivity index (χ3n) is 7.78. The quantitative estimate of drug-likeness (QED) is 0.194. The van der Waals surface area contributed by atoms with Crippen molar-refractivity contribution in [2.24, 2.45) is 0 Å². The Kier molecular flexibility index (Phi) is 7.70. The first-order valence-corrected chi connectivity index (χ1v) is 14.8. The van der Waals surface area contributed by atoms with E-state index < -0.39 is 0 Å². The van der Waals surface area contributed by atoms with E-state index in [4.69, 9.17) is 9.97 Å². The fourth-order valence-corrected chi connectivity index (χ4v) is 6.07. The summed E-state index contributed by atoms with van der Waals surface area (Å²) in [6, 6.07) is 21.7. The number of pyridine rings is 2. The summed E-state index contributed by atoms with van der Waals surface area (Å²) >= 11 is 0. The largest absolute Gasteiger partial charge is 0.311 e. The number of aromatic nitrogens is 4.